The molecule has 5 nitrogen and oxygen atoms in total. The molecule has 33 heavy (non-hydrogen) atoms. The Morgan fingerprint density at radius 1 is 0.970 bits per heavy atom. The van der Waals surface area contributed by atoms with Crippen LogP contribution in [0.5, 0.6) is 0 Å². The zero-order valence-electron chi connectivity index (χ0n) is 18.3. The van der Waals surface area contributed by atoms with Gasteiger partial charge in [-0.1, -0.05) is 78.3 Å². The van der Waals surface area contributed by atoms with Crippen LogP contribution in [-0.4, -0.2) is 30.0 Å². The van der Waals surface area contributed by atoms with Gasteiger partial charge in [0, 0.05) is 29.4 Å². The minimum absolute atomic E-state index is 0.209. The molecule has 6 heteroatoms. The Morgan fingerprint density at radius 3 is 2.36 bits per heavy atom. The van der Waals surface area contributed by atoms with Crippen molar-refractivity contribution in [1.82, 2.24) is 10.3 Å². The zero-order chi connectivity index (χ0) is 23.2. The molecule has 0 aliphatic heterocycles. The average Bonchev–Trinajstić information content (AvgIpc) is 3.23. The first-order chi connectivity index (χ1) is 16.1. The van der Waals surface area contributed by atoms with E-state index in [2.05, 4.69) is 10.3 Å². The van der Waals surface area contributed by atoms with Crippen LogP contribution in [0.15, 0.2) is 78.9 Å². The first-order valence-electron chi connectivity index (χ1n) is 10.8. The molecular weight excluding hydrogens is 436 g/mol. The smallest absolute Gasteiger partial charge is 0.328 e. The predicted molar refractivity (Wildman–Crippen MR) is 131 cm³/mol. The quantitative estimate of drug-likeness (QED) is 0.349. The summed E-state index contributed by atoms with van der Waals surface area (Å²) in [5.74, 6) is -0.686. The summed E-state index contributed by atoms with van der Waals surface area (Å²) in [4.78, 5) is 28.6. The summed E-state index contributed by atoms with van der Waals surface area (Å²) in [7, 11) is 1.33. The molecule has 0 saturated carbocycles. The van der Waals surface area contributed by atoms with Crippen molar-refractivity contribution in [2.75, 3.05) is 7.11 Å². The van der Waals surface area contributed by atoms with E-state index in [-0.39, 0.29) is 12.3 Å². The number of aryl methyl sites for hydroxylation is 1. The lowest BCUT2D eigenvalue weighted by Gasteiger charge is -2.17. The molecule has 4 rings (SSSR count). The van der Waals surface area contributed by atoms with Crippen LogP contribution in [-0.2, 0) is 27.2 Å². The lowest BCUT2D eigenvalue weighted by Crippen LogP contribution is -2.43. The van der Waals surface area contributed by atoms with Crippen molar-refractivity contribution < 1.29 is 14.3 Å². The topological polar surface area (TPSA) is 71.2 Å². The zero-order valence-corrected chi connectivity index (χ0v) is 19.1. The Bertz CT molecular complexity index is 1250. The van der Waals surface area contributed by atoms with Crippen molar-refractivity contribution in [1.29, 1.82) is 0 Å². The fourth-order valence-electron chi connectivity index (χ4n) is 4.06. The van der Waals surface area contributed by atoms with Crippen LogP contribution in [0.3, 0.4) is 0 Å². The van der Waals surface area contributed by atoms with Crippen LogP contribution in [0.1, 0.15) is 17.5 Å². The summed E-state index contributed by atoms with van der Waals surface area (Å²) in [5, 5.41) is 4.40. The Kier molecular flexibility index (Phi) is 7.10. The van der Waals surface area contributed by atoms with Gasteiger partial charge >= 0.3 is 5.97 Å². The molecule has 1 heterocycles. The fourth-order valence-corrected chi connectivity index (χ4v) is 4.35. The van der Waals surface area contributed by atoms with Gasteiger partial charge in [0.2, 0.25) is 5.91 Å². The molecule has 0 radical (unpaired) electrons. The van der Waals surface area contributed by atoms with Gasteiger partial charge in [-0.05, 0) is 35.2 Å². The number of hydrogen-bond donors (Lipinski definition) is 2. The van der Waals surface area contributed by atoms with E-state index in [1.807, 2.05) is 78.9 Å². The number of halogens is 1. The molecule has 0 bridgehead atoms. The van der Waals surface area contributed by atoms with Gasteiger partial charge in [0.1, 0.15) is 6.04 Å². The summed E-state index contributed by atoms with van der Waals surface area (Å²) >= 11 is 6.53. The third kappa shape index (κ3) is 5.26. The van der Waals surface area contributed by atoms with Gasteiger partial charge in [0.15, 0.2) is 0 Å². The van der Waals surface area contributed by atoms with Crippen LogP contribution in [0.4, 0.5) is 0 Å². The second-order valence-electron chi connectivity index (χ2n) is 7.84. The van der Waals surface area contributed by atoms with Gasteiger partial charge in [-0.25, -0.2) is 4.79 Å². The molecule has 0 saturated heterocycles. The number of hydrogen-bond acceptors (Lipinski definition) is 3. The average molecular weight is 461 g/mol. The van der Waals surface area contributed by atoms with E-state index in [9.17, 15) is 9.59 Å². The van der Waals surface area contributed by atoms with E-state index < -0.39 is 12.0 Å². The number of benzene rings is 3. The SMILES string of the molecule is COC(=O)C(Cc1ccccc1)NC(=O)CCc1c(-c2ccccc2)[nH]c2cccc(Cl)c12. The van der Waals surface area contributed by atoms with Crippen molar-refractivity contribution >= 4 is 34.4 Å². The highest BCUT2D eigenvalue weighted by Gasteiger charge is 2.23. The van der Waals surface area contributed by atoms with Gasteiger partial charge in [0.25, 0.3) is 0 Å². The Morgan fingerprint density at radius 2 is 1.67 bits per heavy atom. The number of amides is 1. The highest BCUT2D eigenvalue weighted by molar-refractivity contribution is 6.36. The van der Waals surface area contributed by atoms with Crippen LogP contribution >= 0.6 is 11.6 Å². The van der Waals surface area contributed by atoms with Gasteiger partial charge in [-0.15, -0.1) is 0 Å². The number of carbonyl (C=O) groups excluding carboxylic acids is 2. The number of carbonyl (C=O) groups is 2. The Labute approximate surface area is 197 Å². The number of H-pyrrole nitrogens is 1. The van der Waals surface area contributed by atoms with E-state index >= 15 is 0 Å². The standard InChI is InChI=1S/C27H25ClN2O3/c1-33-27(32)23(17-18-9-4-2-5-10-18)29-24(31)16-15-20-25-21(28)13-8-14-22(25)30-26(20)19-11-6-3-7-12-19/h2-14,23,30H,15-17H2,1H3,(H,29,31). The van der Waals surface area contributed by atoms with Crippen LogP contribution < -0.4 is 5.32 Å². The highest BCUT2D eigenvalue weighted by atomic mass is 35.5. The fraction of sp³-hybridized carbons (Fsp3) is 0.185. The first kappa shape index (κ1) is 22.6. The summed E-state index contributed by atoms with van der Waals surface area (Å²) < 4.78 is 4.91. The molecule has 168 valence electrons. The minimum atomic E-state index is -0.745. The second kappa shape index (κ2) is 10.4. The molecule has 1 atom stereocenters. The summed E-state index contributed by atoms with van der Waals surface area (Å²) in [6, 6.07) is 24.5. The molecular formula is C27H25ClN2O3. The van der Waals surface area contributed by atoms with Crippen molar-refractivity contribution in [2.24, 2.45) is 0 Å². The van der Waals surface area contributed by atoms with Crippen molar-refractivity contribution in [2.45, 2.75) is 25.3 Å². The number of nitrogens with one attached hydrogen (secondary N) is 2. The Hall–Kier alpha value is -3.57. The number of aromatic nitrogens is 1. The van der Waals surface area contributed by atoms with Gasteiger partial charge in [-0.3, -0.25) is 4.79 Å². The molecule has 2 N–H and O–H groups in total. The molecule has 0 fully saturated rings. The largest absolute Gasteiger partial charge is 0.467 e. The minimum Gasteiger partial charge on any atom is -0.467 e. The maximum atomic E-state index is 12.9. The monoisotopic (exact) mass is 460 g/mol. The van der Waals surface area contributed by atoms with Crippen molar-refractivity contribution in [3.63, 3.8) is 0 Å². The summed E-state index contributed by atoms with van der Waals surface area (Å²) in [5.41, 5.74) is 4.82. The molecule has 4 aromatic rings. The summed E-state index contributed by atoms with van der Waals surface area (Å²) in [6.45, 7) is 0. The lowest BCUT2D eigenvalue weighted by molar-refractivity contribution is -0.145. The highest BCUT2D eigenvalue weighted by Crippen LogP contribution is 2.35. The third-order valence-corrected chi connectivity index (χ3v) is 5.96. The summed E-state index contributed by atoms with van der Waals surface area (Å²) in [6.07, 6.45) is 1.05. The number of fused-ring (bicyclic) bond motifs is 1. The van der Waals surface area contributed by atoms with Gasteiger partial charge < -0.3 is 15.0 Å². The maximum absolute atomic E-state index is 12.9. The third-order valence-electron chi connectivity index (χ3n) is 5.64. The molecule has 1 amide bonds. The predicted octanol–water partition coefficient (Wildman–Crippen LogP) is 5.32. The number of methoxy groups -OCH3 is 1. The van der Waals surface area contributed by atoms with E-state index in [1.54, 1.807) is 0 Å². The number of aromatic amines is 1. The van der Waals surface area contributed by atoms with Crippen LogP contribution in [0.25, 0.3) is 22.2 Å². The Balaban J connectivity index is 1.55. The van der Waals surface area contributed by atoms with E-state index in [4.69, 9.17) is 16.3 Å². The molecule has 3 aromatic carbocycles. The van der Waals surface area contributed by atoms with Gasteiger partial charge in [-0.2, -0.15) is 0 Å². The normalized spacial score (nSPS) is 11.8. The molecule has 0 aliphatic rings. The van der Waals surface area contributed by atoms with Crippen LogP contribution in [0.2, 0.25) is 5.02 Å². The van der Waals surface area contributed by atoms with Crippen molar-refractivity contribution in [3.05, 3.63) is 95.0 Å². The number of rotatable bonds is 8. The van der Waals surface area contributed by atoms with E-state index in [0.717, 1.165) is 33.3 Å². The second-order valence-corrected chi connectivity index (χ2v) is 8.25. The van der Waals surface area contributed by atoms with E-state index in [1.165, 1.54) is 7.11 Å². The number of esters is 1. The van der Waals surface area contributed by atoms with Crippen molar-refractivity contribution in [3.8, 4) is 11.3 Å². The first-order valence-corrected chi connectivity index (χ1v) is 11.2. The molecule has 0 aliphatic carbocycles. The molecule has 1 aromatic heterocycles. The van der Waals surface area contributed by atoms with Crippen LogP contribution in [0, 0.1) is 0 Å². The lowest BCUT2D eigenvalue weighted by atomic mass is 10.0. The maximum Gasteiger partial charge on any atom is 0.328 e. The molecule has 1 unspecified atom stereocenters. The van der Waals surface area contributed by atoms with E-state index in [0.29, 0.717) is 17.9 Å². The number of ether oxygens (including phenoxy) is 1. The molecule has 0 spiro atoms. The van der Waals surface area contributed by atoms with Gasteiger partial charge in [0.05, 0.1) is 12.1 Å².